The number of aromatic amines is 1. The van der Waals surface area contributed by atoms with E-state index in [-0.39, 0.29) is 0 Å². The number of anilines is 1. The lowest BCUT2D eigenvalue weighted by molar-refractivity contribution is 0.797. The average molecular weight is 315 g/mol. The Hall–Kier alpha value is -2.78. The molecule has 1 heterocycles. The van der Waals surface area contributed by atoms with Gasteiger partial charge in [-0.2, -0.15) is 0 Å². The lowest BCUT2D eigenvalue weighted by atomic mass is 9.98. The first-order valence-electron chi connectivity index (χ1n) is 8.27. The minimum atomic E-state index is 0.775. The van der Waals surface area contributed by atoms with Crippen LogP contribution >= 0.6 is 0 Å². The van der Waals surface area contributed by atoms with Crippen molar-refractivity contribution in [3.8, 4) is 0 Å². The second-order valence-electron chi connectivity index (χ2n) is 6.24. The third-order valence-corrected chi connectivity index (χ3v) is 4.63. The van der Waals surface area contributed by atoms with E-state index in [1.54, 1.807) is 0 Å². The Kier molecular flexibility index (Phi) is 3.71. The number of para-hydroxylation sites is 2. The van der Waals surface area contributed by atoms with Crippen LogP contribution in [0.4, 0.5) is 5.69 Å². The fourth-order valence-electron chi connectivity index (χ4n) is 3.38. The van der Waals surface area contributed by atoms with Gasteiger partial charge in [0.1, 0.15) is 0 Å². The van der Waals surface area contributed by atoms with Crippen LogP contribution in [0.5, 0.6) is 0 Å². The second-order valence-corrected chi connectivity index (χ2v) is 6.24. The highest BCUT2D eigenvalue weighted by Gasteiger charge is 2.12. The van der Waals surface area contributed by atoms with Gasteiger partial charge in [-0.3, -0.25) is 0 Å². The van der Waals surface area contributed by atoms with Crippen LogP contribution < -0.4 is 10.9 Å². The highest BCUT2D eigenvalue weighted by atomic mass is 15.3. The van der Waals surface area contributed by atoms with E-state index in [9.17, 15) is 0 Å². The summed E-state index contributed by atoms with van der Waals surface area (Å²) < 4.78 is 0. The van der Waals surface area contributed by atoms with E-state index in [2.05, 4.69) is 60.0 Å². The number of hydrazine groups is 1. The standard InChI is InChI=1S/C21H21N3/c1-14-12-16(13-22-24-17-8-4-3-5-9-17)15(2)20-18-10-6-7-11-19(18)23-21(14)20/h3-12,22-24H,13H2,1-2H3. The normalized spacial score (nSPS) is 11.2. The summed E-state index contributed by atoms with van der Waals surface area (Å²) in [6.07, 6.45) is 0. The number of aromatic nitrogens is 1. The van der Waals surface area contributed by atoms with E-state index < -0.39 is 0 Å². The molecule has 3 nitrogen and oxygen atoms in total. The molecule has 120 valence electrons. The molecule has 0 radical (unpaired) electrons. The molecule has 0 fully saturated rings. The number of H-pyrrole nitrogens is 1. The summed E-state index contributed by atoms with van der Waals surface area (Å²) in [4.78, 5) is 3.56. The van der Waals surface area contributed by atoms with E-state index in [0.717, 1.165) is 12.2 Å². The highest BCUT2D eigenvalue weighted by Crippen LogP contribution is 2.32. The minimum absolute atomic E-state index is 0.775. The molecule has 4 rings (SSSR count). The van der Waals surface area contributed by atoms with Crippen molar-refractivity contribution in [1.29, 1.82) is 0 Å². The number of aryl methyl sites for hydroxylation is 2. The molecule has 3 heteroatoms. The predicted octanol–water partition coefficient (Wildman–Crippen LogP) is 5.05. The largest absolute Gasteiger partial charge is 0.354 e. The molecular weight excluding hydrogens is 294 g/mol. The smallest absolute Gasteiger partial charge is 0.0497 e. The van der Waals surface area contributed by atoms with Crippen LogP contribution in [0.15, 0.2) is 60.7 Å². The van der Waals surface area contributed by atoms with E-state index in [4.69, 9.17) is 0 Å². The topological polar surface area (TPSA) is 39.8 Å². The van der Waals surface area contributed by atoms with E-state index in [0.29, 0.717) is 0 Å². The van der Waals surface area contributed by atoms with Crippen molar-refractivity contribution in [1.82, 2.24) is 10.4 Å². The summed E-state index contributed by atoms with van der Waals surface area (Å²) >= 11 is 0. The van der Waals surface area contributed by atoms with Gasteiger partial charge in [0.05, 0.1) is 0 Å². The number of benzene rings is 3. The Morgan fingerprint density at radius 1 is 0.917 bits per heavy atom. The van der Waals surface area contributed by atoms with Gasteiger partial charge in [0.25, 0.3) is 0 Å². The number of rotatable bonds is 4. The maximum Gasteiger partial charge on any atom is 0.0497 e. The molecule has 0 saturated carbocycles. The lowest BCUT2D eigenvalue weighted by Crippen LogP contribution is -2.21. The number of hydrogen-bond acceptors (Lipinski definition) is 2. The fraction of sp³-hybridized carbons (Fsp3) is 0.143. The Balaban J connectivity index is 1.68. The number of nitrogens with one attached hydrogen (secondary N) is 3. The van der Waals surface area contributed by atoms with Crippen molar-refractivity contribution >= 4 is 27.5 Å². The predicted molar refractivity (Wildman–Crippen MR) is 102 cm³/mol. The van der Waals surface area contributed by atoms with Crippen molar-refractivity contribution in [2.45, 2.75) is 20.4 Å². The van der Waals surface area contributed by atoms with Gasteiger partial charge in [-0.25, -0.2) is 5.43 Å². The van der Waals surface area contributed by atoms with Gasteiger partial charge >= 0.3 is 0 Å². The monoisotopic (exact) mass is 315 g/mol. The highest BCUT2D eigenvalue weighted by molar-refractivity contribution is 6.10. The summed E-state index contributed by atoms with van der Waals surface area (Å²) in [6, 6.07) is 21.0. The molecule has 0 atom stereocenters. The van der Waals surface area contributed by atoms with Gasteiger partial charge in [-0.1, -0.05) is 42.5 Å². The van der Waals surface area contributed by atoms with E-state index in [1.165, 1.54) is 38.5 Å². The zero-order valence-corrected chi connectivity index (χ0v) is 14.0. The van der Waals surface area contributed by atoms with Gasteiger partial charge in [0, 0.05) is 34.0 Å². The Morgan fingerprint density at radius 2 is 1.67 bits per heavy atom. The SMILES string of the molecule is Cc1cc(CNNc2ccccc2)c(C)c2c1[nH]c1ccccc12. The summed E-state index contributed by atoms with van der Waals surface area (Å²) in [5.41, 5.74) is 14.0. The third kappa shape index (κ3) is 2.53. The van der Waals surface area contributed by atoms with Crippen molar-refractivity contribution < 1.29 is 0 Å². The average Bonchev–Trinajstić information content (AvgIpc) is 3.00. The quantitative estimate of drug-likeness (QED) is 0.461. The van der Waals surface area contributed by atoms with Gasteiger partial charge in [-0.05, 0) is 48.7 Å². The molecule has 3 aromatic carbocycles. The third-order valence-electron chi connectivity index (χ3n) is 4.63. The number of fused-ring (bicyclic) bond motifs is 3. The maximum absolute atomic E-state index is 3.56. The molecule has 0 aliphatic heterocycles. The molecule has 0 aliphatic rings. The van der Waals surface area contributed by atoms with E-state index in [1.807, 2.05) is 30.3 Å². The molecule has 0 spiro atoms. The zero-order valence-electron chi connectivity index (χ0n) is 14.0. The molecule has 0 amide bonds. The number of hydrogen-bond donors (Lipinski definition) is 3. The van der Waals surface area contributed by atoms with E-state index >= 15 is 0 Å². The van der Waals surface area contributed by atoms with Crippen LogP contribution in [0.25, 0.3) is 21.8 Å². The molecular formula is C21H21N3. The molecule has 24 heavy (non-hydrogen) atoms. The van der Waals surface area contributed by atoms with Crippen molar-refractivity contribution in [2.75, 3.05) is 5.43 Å². The molecule has 0 bridgehead atoms. The van der Waals surface area contributed by atoms with Crippen molar-refractivity contribution in [3.63, 3.8) is 0 Å². The van der Waals surface area contributed by atoms with Crippen LogP contribution in [0.2, 0.25) is 0 Å². The molecule has 1 aromatic heterocycles. The maximum atomic E-state index is 3.56. The van der Waals surface area contributed by atoms with Gasteiger partial charge in [0.2, 0.25) is 0 Å². The van der Waals surface area contributed by atoms with Gasteiger partial charge in [-0.15, -0.1) is 0 Å². The van der Waals surface area contributed by atoms with Crippen molar-refractivity contribution in [2.24, 2.45) is 0 Å². The molecule has 0 aliphatic carbocycles. The van der Waals surface area contributed by atoms with Crippen molar-refractivity contribution in [3.05, 3.63) is 77.4 Å². The van der Waals surface area contributed by atoms with Crippen LogP contribution in [0, 0.1) is 13.8 Å². The first-order chi connectivity index (χ1) is 11.7. The zero-order chi connectivity index (χ0) is 16.5. The summed E-state index contributed by atoms with van der Waals surface area (Å²) in [5.74, 6) is 0. The lowest BCUT2D eigenvalue weighted by Gasteiger charge is -2.13. The van der Waals surface area contributed by atoms with Crippen LogP contribution in [-0.2, 0) is 6.54 Å². The van der Waals surface area contributed by atoms with Crippen LogP contribution in [0.1, 0.15) is 16.7 Å². The Bertz CT molecular complexity index is 1000. The fourth-order valence-corrected chi connectivity index (χ4v) is 3.38. The molecule has 0 saturated heterocycles. The minimum Gasteiger partial charge on any atom is -0.354 e. The van der Waals surface area contributed by atoms with Gasteiger partial charge in [0.15, 0.2) is 0 Å². The summed E-state index contributed by atoms with van der Waals surface area (Å²) in [6.45, 7) is 5.16. The molecule has 3 N–H and O–H groups in total. The van der Waals surface area contributed by atoms with Crippen LogP contribution in [-0.4, -0.2) is 4.98 Å². The first-order valence-corrected chi connectivity index (χ1v) is 8.27. The second kappa shape index (κ2) is 6.02. The first kappa shape index (κ1) is 14.8. The Labute approximate surface area is 141 Å². The van der Waals surface area contributed by atoms with Crippen LogP contribution in [0.3, 0.4) is 0 Å². The van der Waals surface area contributed by atoms with Gasteiger partial charge < -0.3 is 10.4 Å². The molecule has 0 unspecified atom stereocenters. The summed E-state index contributed by atoms with van der Waals surface area (Å²) in [5, 5.41) is 2.63. The Morgan fingerprint density at radius 3 is 2.50 bits per heavy atom. The summed E-state index contributed by atoms with van der Waals surface area (Å²) in [7, 11) is 0. The molecule has 4 aromatic rings.